The predicted molar refractivity (Wildman–Crippen MR) is 113 cm³/mol. The molecule has 0 N–H and O–H groups in total. The lowest BCUT2D eigenvalue weighted by molar-refractivity contribution is 0.0622. The largest absolute Gasteiger partial charge is 0.344 e. The summed E-state index contributed by atoms with van der Waals surface area (Å²) in [5, 5.41) is 0. The van der Waals surface area contributed by atoms with Crippen LogP contribution >= 0.6 is 0 Å². The van der Waals surface area contributed by atoms with E-state index in [9.17, 15) is 4.79 Å². The van der Waals surface area contributed by atoms with Crippen LogP contribution in [0.3, 0.4) is 0 Å². The Morgan fingerprint density at radius 3 is 2.50 bits per heavy atom. The third-order valence-corrected chi connectivity index (χ3v) is 5.16. The van der Waals surface area contributed by atoms with Crippen molar-refractivity contribution in [3.8, 4) is 0 Å². The Morgan fingerprint density at radius 1 is 1.11 bits per heavy atom. The summed E-state index contributed by atoms with van der Waals surface area (Å²) in [5.74, 6) is 0.648. The standard InChI is InChI=1S/C22H31N5O/c1-4-5-11-25(3)22-23-18(2)16-20(24-22)21(28)27-14-12-26(13-15-27)17-19-9-7-6-8-10-19/h6-10,16H,4-5,11-15,17H2,1-3H3. The van der Waals surface area contributed by atoms with Crippen LogP contribution in [0.1, 0.15) is 41.5 Å². The maximum absolute atomic E-state index is 13.0. The zero-order chi connectivity index (χ0) is 19.9. The van der Waals surface area contributed by atoms with Crippen molar-refractivity contribution in [1.29, 1.82) is 0 Å². The average molecular weight is 382 g/mol. The van der Waals surface area contributed by atoms with Crippen molar-refractivity contribution < 1.29 is 4.79 Å². The highest BCUT2D eigenvalue weighted by Gasteiger charge is 2.24. The van der Waals surface area contributed by atoms with Gasteiger partial charge in [-0.05, 0) is 25.0 Å². The Balaban J connectivity index is 1.61. The van der Waals surface area contributed by atoms with E-state index in [1.165, 1.54) is 5.56 Å². The summed E-state index contributed by atoms with van der Waals surface area (Å²) in [5.41, 5.74) is 2.65. The number of unbranched alkanes of at least 4 members (excludes halogenated alkanes) is 1. The van der Waals surface area contributed by atoms with E-state index in [1.807, 2.05) is 29.8 Å². The van der Waals surface area contributed by atoms with E-state index >= 15 is 0 Å². The van der Waals surface area contributed by atoms with Crippen LogP contribution in [0.2, 0.25) is 0 Å². The molecule has 1 aromatic heterocycles. The molecule has 0 bridgehead atoms. The molecule has 0 unspecified atom stereocenters. The highest BCUT2D eigenvalue weighted by atomic mass is 16.2. The van der Waals surface area contributed by atoms with E-state index in [4.69, 9.17) is 0 Å². The molecule has 2 heterocycles. The first-order valence-electron chi connectivity index (χ1n) is 10.2. The molecule has 3 rings (SSSR count). The third kappa shape index (κ3) is 5.29. The minimum absolute atomic E-state index is 0.00926. The van der Waals surface area contributed by atoms with Crippen molar-refractivity contribution in [3.05, 3.63) is 53.3 Å². The second-order valence-corrected chi connectivity index (χ2v) is 7.52. The number of hydrogen-bond donors (Lipinski definition) is 0. The van der Waals surface area contributed by atoms with E-state index in [1.54, 1.807) is 6.07 Å². The van der Waals surface area contributed by atoms with Crippen LogP contribution in [-0.2, 0) is 6.54 Å². The number of piperazine rings is 1. The highest BCUT2D eigenvalue weighted by Crippen LogP contribution is 2.14. The minimum atomic E-state index is 0.00926. The summed E-state index contributed by atoms with van der Waals surface area (Å²) in [6.45, 7) is 9.14. The van der Waals surface area contributed by atoms with Crippen molar-refractivity contribution in [2.24, 2.45) is 0 Å². The normalized spacial score (nSPS) is 14.9. The van der Waals surface area contributed by atoms with Gasteiger partial charge < -0.3 is 9.80 Å². The molecule has 1 aliphatic heterocycles. The lowest BCUT2D eigenvalue weighted by atomic mass is 10.2. The number of carbonyl (C=O) groups is 1. The molecular weight excluding hydrogens is 350 g/mol. The monoisotopic (exact) mass is 381 g/mol. The molecule has 150 valence electrons. The molecule has 0 spiro atoms. The van der Waals surface area contributed by atoms with Crippen LogP contribution in [0.5, 0.6) is 0 Å². The first kappa shape index (κ1) is 20.3. The van der Waals surface area contributed by atoms with Crippen molar-refractivity contribution in [1.82, 2.24) is 19.8 Å². The number of rotatable bonds is 7. The van der Waals surface area contributed by atoms with Gasteiger partial charge in [0.25, 0.3) is 5.91 Å². The van der Waals surface area contributed by atoms with Crippen LogP contribution in [0.4, 0.5) is 5.95 Å². The van der Waals surface area contributed by atoms with E-state index in [-0.39, 0.29) is 5.91 Å². The molecule has 1 fully saturated rings. The molecule has 2 aromatic rings. The van der Waals surface area contributed by atoms with Gasteiger partial charge in [0.15, 0.2) is 0 Å². The van der Waals surface area contributed by atoms with Gasteiger partial charge in [-0.2, -0.15) is 0 Å². The van der Waals surface area contributed by atoms with E-state index in [2.05, 4.69) is 46.1 Å². The lowest BCUT2D eigenvalue weighted by Gasteiger charge is -2.34. The zero-order valence-electron chi connectivity index (χ0n) is 17.3. The number of hydrogen-bond acceptors (Lipinski definition) is 5. The second-order valence-electron chi connectivity index (χ2n) is 7.52. The third-order valence-electron chi connectivity index (χ3n) is 5.16. The minimum Gasteiger partial charge on any atom is -0.344 e. The fraction of sp³-hybridized carbons (Fsp3) is 0.500. The van der Waals surface area contributed by atoms with Crippen LogP contribution in [0.25, 0.3) is 0 Å². The number of nitrogens with zero attached hydrogens (tertiary/aromatic N) is 5. The molecule has 28 heavy (non-hydrogen) atoms. The summed E-state index contributed by atoms with van der Waals surface area (Å²) < 4.78 is 0. The van der Waals surface area contributed by atoms with E-state index < -0.39 is 0 Å². The van der Waals surface area contributed by atoms with Crippen LogP contribution < -0.4 is 4.90 Å². The Morgan fingerprint density at radius 2 is 1.82 bits per heavy atom. The van der Waals surface area contributed by atoms with Crippen molar-refractivity contribution >= 4 is 11.9 Å². The van der Waals surface area contributed by atoms with Gasteiger partial charge in [-0.1, -0.05) is 43.7 Å². The SMILES string of the molecule is CCCCN(C)c1nc(C)cc(C(=O)N2CCN(Cc3ccccc3)CC2)n1. The van der Waals surface area contributed by atoms with Crippen LogP contribution in [0, 0.1) is 6.92 Å². The number of amides is 1. The Kier molecular flexibility index (Phi) is 6.98. The molecule has 6 nitrogen and oxygen atoms in total. The fourth-order valence-electron chi connectivity index (χ4n) is 3.44. The van der Waals surface area contributed by atoms with Gasteiger partial charge in [-0.25, -0.2) is 9.97 Å². The zero-order valence-corrected chi connectivity index (χ0v) is 17.3. The van der Waals surface area contributed by atoms with Gasteiger partial charge in [-0.15, -0.1) is 0 Å². The maximum Gasteiger partial charge on any atom is 0.272 e. The Labute approximate surface area is 168 Å². The van der Waals surface area contributed by atoms with Gasteiger partial charge in [0.05, 0.1) is 0 Å². The predicted octanol–water partition coefficient (Wildman–Crippen LogP) is 2.98. The summed E-state index contributed by atoms with van der Waals surface area (Å²) >= 11 is 0. The Bertz CT molecular complexity index is 772. The number of aryl methyl sites for hydroxylation is 1. The van der Waals surface area contributed by atoms with Crippen LogP contribution in [-0.4, -0.2) is 65.4 Å². The number of carbonyl (C=O) groups excluding carboxylic acids is 1. The van der Waals surface area contributed by atoms with Gasteiger partial charge in [0, 0.05) is 52.0 Å². The lowest BCUT2D eigenvalue weighted by Crippen LogP contribution is -2.48. The molecule has 1 aliphatic rings. The summed E-state index contributed by atoms with van der Waals surface area (Å²) in [6.07, 6.45) is 2.20. The molecule has 1 saturated heterocycles. The molecule has 0 saturated carbocycles. The molecule has 6 heteroatoms. The van der Waals surface area contributed by atoms with Gasteiger partial charge in [0.2, 0.25) is 5.95 Å². The van der Waals surface area contributed by atoms with Crippen molar-refractivity contribution in [2.75, 3.05) is 44.7 Å². The summed E-state index contributed by atoms with van der Waals surface area (Å²) in [4.78, 5) is 28.4. The summed E-state index contributed by atoms with van der Waals surface area (Å²) in [7, 11) is 1.99. The smallest absolute Gasteiger partial charge is 0.272 e. The first-order chi connectivity index (χ1) is 13.6. The van der Waals surface area contributed by atoms with Gasteiger partial charge in [-0.3, -0.25) is 9.69 Å². The van der Waals surface area contributed by atoms with Crippen molar-refractivity contribution in [2.45, 2.75) is 33.2 Å². The topological polar surface area (TPSA) is 52.6 Å². The molecule has 0 radical (unpaired) electrons. The molecular formula is C22H31N5O. The van der Waals surface area contributed by atoms with E-state index in [0.29, 0.717) is 11.6 Å². The molecule has 1 aromatic carbocycles. The number of aromatic nitrogens is 2. The van der Waals surface area contributed by atoms with Gasteiger partial charge in [0.1, 0.15) is 5.69 Å². The first-order valence-corrected chi connectivity index (χ1v) is 10.2. The van der Waals surface area contributed by atoms with Crippen LogP contribution in [0.15, 0.2) is 36.4 Å². The number of anilines is 1. The molecule has 0 atom stereocenters. The summed E-state index contributed by atoms with van der Waals surface area (Å²) in [6, 6.07) is 12.3. The van der Waals surface area contributed by atoms with E-state index in [0.717, 1.165) is 57.8 Å². The Hall–Kier alpha value is -2.47. The highest BCUT2D eigenvalue weighted by molar-refractivity contribution is 5.92. The second kappa shape index (κ2) is 9.64. The quantitative estimate of drug-likeness (QED) is 0.738. The van der Waals surface area contributed by atoms with Gasteiger partial charge >= 0.3 is 0 Å². The molecule has 0 aliphatic carbocycles. The maximum atomic E-state index is 13.0. The van der Waals surface area contributed by atoms with Crippen molar-refractivity contribution in [3.63, 3.8) is 0 Å². The average Bonchev–Trinajstić information content (AvgIpc) is 2.72. The fourth-order valence-corrected chi connectivity index (χ4v) is 3.44. The molecule has 1 amide bonds. The number of benzene rings is 1.